The summed E-state index contributed by atoms with van der Waals surface area (Å²) in [6, 6.07) is 24.0. The summed E-state index contributed by atoms with van der Waals surface area (Å²) >= 11 is 0. The normalized spacial score (nSPS) is 10.5. The van der Waals surface area contributed by atoms with Gasteiger partial charge in [0.05, 0.1) is 45.2 Å². The predicted octanol–water partition coefficient (Wildman–Crippen LogP) is 4.03. The molecule has 0 aliphatic rings. The maximum absolute atomic E-state index is 12.8. The van der Waals surface area contributed by atoms with E-state index in [0.29, 0.717) is 22.4 Å². The molecule has 4 aromatic rings. The van der Waals surface area contributed by atoms with E-state index in [0.717, 1.165) is 0 Å². The molecule has 0 aromatic heterocycles. The average molecular weight is 612 g/mol. The van der Waals surface area contributed by atoms with Crippen LogP contribution >= 0.6 is 0 Å². The average Bonchev–Trinajstić information content (AvgIpc) is 3.08. The van der Waals surface area contributed by atoms with Crippen LogP contribution in [0.1, 0.15) is 36.6 Å². The quantitative estimate of drug-likeness (QED) is 0.105. The summed E-state index contributed by atoms with van der Waals surface area (Å²) in [4.78, 5) is 50.4. The molecular weight excluding hydrogens is 582 g/mol. The van der Waals surface area contributed by atoms with Gasteiger partial charge < -0.3 is 29.0 Å². The fraction of sp³-hybridized carbons (Fsp3) is 0.121. The molecule has 4 rings (SSSR count). The molecule has 12 nitrogen and oxygen atoms in total. The van der Waals surface area contributed by atoms with Crippen LogP contribution in [0.3, 0.4) is 0 Å². The number of hydrogen-bond acceptors (Lipinski definition) is 10. The third-order valence-electron chi connectivity index (χ3n) is 6.15. The number of rotatable bonds is 12. The monoisotopic (exact) mass is 611 g/mol. The first kappa shape index (κ1) is 31.8. The summed E-state index contributed by atoms with van der Waals surface area (Å²) in [5, 5.41) is 6.40. The van der Waals surface area contributed by atoms with Crippen molar-refractivity contribution in [1.82, 2.24) is 10.7 Å². The zero-order chi connectivity index (χ0) is 32.2. The SMILES string of the molecule is COc1cc(C(=O)NCC(=O)N/N=C\c2ccc(OC(=O)c3ccccc3)cc2OC(=O)c2ccccc2)cc(OC)c1OC. The molecule has 0 saturated heterocycles. The lowest BCUT2D eigenvalue weighted by molar-refractivity contribution is -0.120. The first-order chi connectivity index (χ1) is 21.8. The standard InChI is InChI=1S/C33H29N3O9/c1-41-27-16-24(17-28(42-2)30(27)43-3)31(38)34-20-29(37)36-35-19-23-14-15-25(44-32(39)21-10-6-4-7-11-21)18-26(23)45-33(40)22-12-8-5-9-13-22/h4-19H,20H2,1-3H3,(H,34,38)(H,36,37)/b35-19-. The van der Waals surface area contributed by atoms with Crippen LogP contribution in [-0.4, -0.2) is 57.8 Å². The van der Waals surface area contributed by atoms with Crippen LogP contribution in [0.5, 0.6) is 28.7 Å². The number of esters is 2. The van der Waals surface area contributed by atoms with Crippen LogP contribution in [0.2, 0.25) is 0 Å². The van der Waals surface area contributed by atoms with E-state index in [9.17, 15) is 19.2 Å². The number of hydrazone groups is 1. The maximum atomic E-state index is 12.8. The lowest BCUT2D eigenvalue weighted by atomic mass is 10.1. The summed E-state index contributed by atoms with van der Waals surface area (Å²) in [6.45, 7) is -0.406. The highest BCUT2D eigenvalue weighted by Gasteiger charge is 2.18. The fourth-order valence-corrected chi connectivity index (χ4v) is 3.93. The lowest BCUT2D eigenvalue weighted by Gasteiger charge is -2.14. The van der Waals surface area contributed by atoms with Gasteiger partial charge in [-0.15, -0.1) is 0 Å². The van der Waals surface area contributed by atoms with Crippen molar-refractivity contribution in [3.63, 3.8) is 0 Å². The highest BCUT2D eigenvalue weighted by molar-refractivity contribution is 5.98. The molecule has 0 bridgehead atoms. The van der Waals surface area contributed by atoms with Crippen molar-refractivity contribution in [1.29, 1.82) is 0 Å². The number of nitrogens with zero attached hydrogens (tertiary/aromatic N) is 1. The van der Waals surface area contributed by atoms with E-state index in [2.05, 4.69) is 15.8 Å². The third kappa shape index (κ3) is 8.45. The number of hydrogen-bond donors (Lipinski definition) is 2. The number of methoxy groups -OCH3 is 3. The molecular formula is C33H29N3O9. The molecule has 0 radical (unpaired) electrons. The van der Waals surface area contributed by atoms with Gasteiger partial charge in [-0.1, -0.05) is 36.4 Å². The molecule has 0 saturated carbocycles. The number of carbonyl (C=O) groups excluding carboxylic acids is 4. The van der Waals surface area contributed by atoms with Crippen molar-refractivity contribution in [2.45, 2.75) is 0 Å². The Bertz CT molecular complexity index is 1680. The highest BCUT2D eigenvalue weighted by atomic mass is 16.5. The van der Waals surface area contributed by atoms with E-state index >= 15 is 0 Å². The van der Waals surface area contributed by atoms with E-state index in [-0.39, 0.29) is 28.6 Å². The summed E-state index contributed by atoms with van der Waals surface area (Å²) < 4.78 is 26.8. The van der Waals surface area contributed by atoms with E-state index in [1.807, 2.05) is 0 Å². The molecule has 45 heavy (non-hydrogen) atoms. The highest BCUT2D eigenvalue weighted by Crippen LogP contribution is 2.38. The van der Waals surface area contributed by atoms with Crippen LogP contribution in [-0.2, 0) is 4.79 Å². The Balaban J connectivity index is 1.44. The van der Waals surface area contributed by atoms with Crippen molar-refractivity contribution in [2.75, 3.05) is 27.9 Å². The van der Waals surface area contributed by atoms with E-state index in [1.165, 1.54) is 57.9 Å². The van der Waals surface area contributed by atoms with Gasteiger partial charge in [-0.25, -0.2) is 15.0 Å². The van der Waals surface area contributed by atoms with E-state index < -0.39 is 30.3 Å². The summed E-state index contributed by atoms with van der Waals surface area (Å²) in [6.07, 6.45) is 1.25. The Morgan fingerprint density at radius 2 is 1.24 bits per heavy atom. The molecule has 0 unspecified atom stereocenters. The Kier molecular flexibility index (Phi) is 10.8. The van der Waals surface area contributed by atoms with Gasteiger partial charge in [0.2, 0.25) is 5.75 Å². The number of ether oxygens (including phenoxy) is 5. The van der Waals surface area contributed by atoms with Crippen molar-refractivity contribution in [3.8, 4) is 28.7 Å². The minimum Gasteiger partial charge on any atom is -0.493 e. The van der Waals surface area contributed by atoms with Crippen LogP contribution in [0, 0.1) is 0 Å². The van der Waals surface area contributed by atoms with E-state index in [1.54, 1.807) is 60.7 Å². The van der Waals surface area contributed by atoms with Gasteiger partial charge in [0.15, 0.2) is 11.5 Å². The molecule has 0 fully saturated rings. The van der Waals surface area contributed by atoms with Crippen molar-refractivity contribution < 1.29 is 42.9 Å². The van der Waals surface area contributed by atoms with Crippen LogP contribution in [0.15, 0.2) is 96.1 Å². The minimum absolute atomic E-state index is 0.0240. The molecule has 0 aliphatic carbocycles. The van der Waals surface area contributed by atoms with Gasteiger partial charge in [0.25, 0.3) is 11.8 Å². The smallest absolute Gasteiger partial charge is 0.343 e. The number of amides is 2. The number of carbonyl (C=O) groups is 4. The van der Waals surface area contributed by atoms with Gasteiger partial charge in [-0.05, 0) is 48.5 Å². The molecule has 0 spiro atoms. The van der Waals surface area contributed by atoms with E-state index in [4.69, 9.17) is 23.7 Å². The summed E-state index contributed by atoms with van der Waals surface area (Å²) in [7, 11) is 4.28. The topological polar surface area (TPSA) is 151 Å². The second kappa shape index (κ2) is 15.3. The summed E-state index contributed by atoms with van der Waals surface area (Å²) in [5.74, 6) is -1.44. The molecule has 0 atom stereocenters. The van der Waals surface area contributed by atoms with Gasteiger partial charge >= 0.3 is 11.9 Å². The van der Waals surface area contributed by atoms with Crippen molar-refractivity contribution >= 4 is 30.0 Å². The van der Waals surface area contributed by atoms with Gasteiger partial charge in [-0.3, -0.25) is 9.59 Å². The molecule has 12 heteroatoms. The molecule has 0 aliphatic heterocycles. The zero-order valence-corrected chi connectivity index (χ0v) is 24.6. The van der Waals surface area contributed by atoms with Crippen LogP contribution in [0.25, 0.3) is 0 Å². The van der Waals surface area contributed by atoms with Gasteiger partial charge in [0, 0.05) is 17.2 Å². The minimum atomic E-state index is -0.657. The van der Waals surface area contributed by atoms with Gasteiger partial charge in [0.1, 0.15) is 11.5 Å². The molecule has 230 valence electrons. The van der Waals surface area contributed by atoms with Crippen LogP contribution in [0.4, 0.5) is 0 Å². The van der Waals surface area contributed by atoms with Crippen molar-refractivity contribution in [2.24, 2.45) is 5.10 Å². The first-order valence-corrected chi connectivity index (χ1v) is 13.4. The Morgan fingerprint density at radius 1 is 0.667 bits per heavy atom. The fourth-order valence-electron chi connectivity index (χ4n) is 3.93. The molecule has 2 N–H and O–H groups in total. The third-order valence-corrected chi connectivity index (χ3v) is 6.15. The first-order valence-electron chi connectivity index (χ1n) is 13.4. The Hall–Kier alpha value is -6.17. The Labute approximate surface area is 258 Å². The number of nitrogens with one attached hydrogen (secondary N) is 2. The Morgan fingerprint density at radius 3 is 1.80 bits per heavy atom. The lowest BCUT2D eigenvalue weighted by Crippen LogP contribution is -2.35. The predicted molar refractivity (Wildman–Crippen MR) is 163 cm³/mol. The summed E-state index contributed by atoms with van der Waals surface area (Å²) in [5.41, 5.74) is 3.41. The second-order valence-corrected chi connectivity index (χ2v) is 9.10. The molecule has 0 heterocycles. The molecule has 4 aromatic carbocycles. The molecule has 2 amide bonds. The zero-order valence-electron chi connectivity index (χ0n) is 24.6. The van der Waals surface area contributed by atoms with Gasteiger partial charge in [-0.2, -0.15) is 5.10 Å². The number of benzene rings is 4. The van der Waals surface area contributed by atoms with Crippen molar-refractivity contribution in [3.05, 3.63) is 113 Å². The van der Waals surface area contributed by atoms with Crippen LogP contribution < -0.4 is 34.4 Å². The maximum Gasteiger partial charge on any atom is 0.343 e. The second-order valence-electron chi connectivity index (χ2n) is 9.10. The largest absolute Gasteiger partial charge is 0.493 e.